The molecule has 0 spiro atoms. The van der Waals surface area contributed by atoms with Gasteiger partial charge in [-0.15, -0.1) is 0 Å². The van der Waals surface area contributed by atoms with Crippen LogP contribution in [0, 0.1) is 0 Å². The quantitative estimate of drug-likeness (QED) is 0.804. The van der Waals surface area contributed by atoms with Crippen molar-refractivity contribution in [3.63, 3.8) is 0 Å². The van der Waals surface area contributed by atoms with Gasteiger partial charge in [0, 0.05) is 5.57 Å². The first kappa shape index (κ1) is 9.72. The Morgan fingerprint density at radius 2 is 1.82 bits per heavy atom. The van der Waals surface area contributed by atoms with Gasteiger partial charge in [-0.1, -0.05) is 30.3 Å². The van der Waals surface area contributed by atoms with Gasteiger partial charge in [0.15, 0.2) is 5.78 Å². The third kappa shape index (κ3) is 1.42. The molecule has 0 fully saturated rings. The van der Waals surface area contributed by atoms with Gasteiger partial charge in [-0.05, 0) is 11.6 Å². The van der Waals surface area contributed by atoms with Gasteiger partial charge in [-0.25, -0.2) is 0 Å². The average Bonchev–Trinajstić information content (AvgIpc) is 2.85. The van der Waals surface area contributed by atoms with E-state index in [0.29, 0.717) is 11.1 Å². The Balaban J connectivity index is 2.15. The van der Waals surface area contributed by atoms with E-state index < -0.39 is 0 Å². The molecule has 0 unspecified atom stereocenters. The molecule has 2 aromatic rings. The van der Waals surface area contributed by atoms with Crippen molar-refractivity contribution in [2.45, 2.75) is 0 Å². The van der Waals surface area contributed by atoms with E-state index in [-0.39, 0.29) is 17.3 Å². The maximum atomic E-state index is 12.1. The first-order chi connectivity index (χ1) is 8.27. The molecule has 3 rings (SSSR count). The minimum absolute atomic E-state index is 0.167. The molecule has 0 saturated carbocycles. The van der Waals surface area contributed by atoms with Crippen molar-refractivity contribution in [2.75, 3.05) is 0 Å². The van der Waals surface area contributed by atoms with Crippen LogP contribution in [0.25, 0.3) is 5.57 Å². The van der Waals surface area contributed by atoms with Crippen molar-refractivity contribution in [3.8, 4) is 0 Å². The number of H-pyrrole nitrogens is 1. The molecule has 0 radical (unpaired) electrons. The SMILES string of the molecule is O=C1C(c2ccccc2)=CC(=O)c2[nH]ncc21. The average molecular weight is 224 g/mol. The lowest BCUT2D eigenvalue weighted by molar-refractivity contribution is 0.0999. The number of allylic oxidation sites excluding steroid dienone is 2. The van der Waals surface area contributed by atoms with Crippen LogP contribution in [-0.4, -0.2) is 21.8 Å². The largest absolute Gasteiger partial charge is 0.288 e. The highest BCUT2D eigenvalue weighted by molar-refractivity contribution is 6.38. The standard InChI is InChI=1S/C13H8N2O2/c16-11-6-9(8-4-2-1-3-5-8)13(17)10-7-14-15-12(10)11/h1-7H,(H,14,15). The predicted molar refractivity (Wildman–Crippen MR) is 61.7 cm³/mol. The molecule has 17 heavy (non-hydrogen) atoms. The zero-order valence-corrected chi connectivity index (χ0v) is 8.81. The molecule has 0 saturated heterocycles. The molecule has 1 aliphatic rings. The molecule has 4 heteroatoms. The fraction of sp³-hybridized carbons (Fsp3) is 0. The van der Waals surface area contributed by atoms with Crippen LogP contribution in [0.1, 0.15) is 26.4 Å². The molecular formula is C13H8N2O2. The van der Waals surface area contributed by atoms with Crippen LogP contribution in [0.5, 0.6) is 0 Å². The Labute approximate surface area is 97.0 Å². The lowest BCUT2D eigenvalue weighted by Gasteiger charge is -2.10. The van der Waals surface area contributed by atoms with E-state index in [1.807, 2.05) is 30.3 Å². The van der Waals surface area contributed by atoms with Gasteiger partial charge in [0.1, 0.15) is 5.69 Å². The number of carbonyl (C=O) groups is 2. The smallest absolute Gasteiger partial charge is 0.205 e. The maximum absolute atomic E-state index is 12.1. The highest BCUT2D eigenvalue weighted by Crippen LogP contribution is 2.26. The number of hydrogen-bond acceptors (Lipinski definition) is 3. The fourth-order valence-electron chi connectivity index (χ4n) is 1.89. The fourth-order valence-corrected chi connectivity index (χ4v) is 1.89. The number of ketones is 2. The van der Waals surface area contributed by atoms with Crippen LogP contribution in [0.15, 0.2) is 42.6 Å². The topological polar surface area (TPSA) is 62.8 Å². The molecule has 0 amide bonds. The zero-order chi connectivity index (χ0) is 11.8. The molecule has 0 bridgehead atoms. The van der Waals surface area contributed by atoms with Crippen LogP contribution < -0.4 is 0 Å². The number of hydrogen-bond donors (Lipinski definition) is 1. The molecule has 1 aliphatic carbocycles. The molecule has 1 aromatic carbocycles. The zero-order valence-electron chi connectivity index (χ0n) is 8.81. The van der Waals surface area contributed by atoms with Gasteiger partial charge in [0.2, 0.25) is 5.78 Å². The second kappa shape index (κ2) is 3.52. The van der Waals surface area contributed by atoms with Crippen molar-refractivity contribution >= 4 is 17.1 Å². The third-order valence-corrected chi connectivity index (χ3v) is 2.74. The monoisotopic (exact) mass is 224 g/mol. The lowest BCUT2D eigenvalue weighted by atomic mass is 9.90. The first-order valence-electron chi connectivity index (χ1n) is 5.17. The Hall–Kier alpha value is -2.49. The minimum atomic E-state index is -0.212. The molecular weight excluding hydrogens is 216 g/mol. The highest BCUT2D eigenvalue weighted by Gasteiger charge is 2.27. The third-order valence-electron chi connectivity index (χ3n) is 2.74. The van der Waals surface area contributed by atoms with E-state index in [9.17, 15) is 9.59 Å². The molecule has 1 heterocycles. The Morgan fingerprint density at radius 1 is 1.06 bits per heavy atom. The van der Waals surface area contributed by atoms with Crippen LogP contribution in [-0.2, 0) is 0 Å². The summed E-state index contributed by atoms with van der Waals surface area (Å²) in [4.78, 5) is 23.9. The van der Waals surface area contributed by atoms with Crippen LogP contribution in [0.4, 0.5) is 0 Å². The number of aromatic nitrogens is 2. The second-order valence-electron chi connectivity index (χ2n) is 3.78. The van der Waals surface area contributed by atoms with Crippen LogP contribution in [0.2, 0.25) is 0 Å². The summed E-state index contributed by atoms with van der Waals surface area (Å²) < 4.78 is 0. The van der Waals surface area contributed by atoms with Crippen LogP contribution >= 0.6 is 0 Å². The lowest BCUT2D eigenvalue weighted by Crippen LogP contribution is -2.15. The molecule has 4 nitrogen and oxygen atoms in total. The number of rotatable bonds is 1. The van der Waals surface area contributed by atoms with Crippen molar-refractivity contribution < 1.29 is 9.59 Å². The summed E-state index contributed by atoms with van der Waals surface area (Å²) in [7, 11) is 0. The molecule has 0 atom stereocenters. The van der Waals surface area contributed by atoms with Crippen molar-refractivity contribution in [2.24, 2.45) is 0 Å². The Morgan fingerprint density at radius 3 is 2.59 bits per heavy atom. The maximum Gasteiger partial charge on any atom is 0.205 e. The van der Waals surface area contributed by atoms with E-state index in [4.69, 9.17) is 0 Å². The predicted octanol–water partition coefficient (Wildman–Crippen LogP) is 1.87. The highest BCUT2D eigenvalue weighted by atomic mass is 16.1. The molecule has 0 aliphatic heterocycles. The van der Waals surface area contributed by atoms with E-state index in [0.717, 1.165) is 5.56 Å². The van der Waals surface area contributed by atoms with Crippen molar-refractivity contribution in [3.05, 3.63) is 59.4 Å². The summed E-state index contributed by atoms with van der Waals surface area (Å²) in [6.07, 6.45) is 2.75. The summed E-state index contributed by atoms with van der Waals surface area (Å²) in [5.41, 5.74) is 1.79. The van der Waals surface area contributed by atoms with E-state index >= 15 is 0 Å². The summed E-state index contributed by atoms with van der Waals surface area (Å²) >= 11 is 0. The van der Waals surface area contributed by atoms with Crippen LogP contribution in [0.3, 0.4) is 0 Å². The van der Waals surface area contributed by atoms with E-state index in [2.05, 4.69) is 10.2 Å². The Kier molecular flexibility index (Phi) is 2.01. The van der Waals surface area contributed by atoms with Crippen molar-refractivity contribution in [1.29, 1.82) is 0 Å². The van der Waals surface area contributed by atoms with Gasteiger partial charge in [-0.2, -0.15) is 5.10 Å². The van der Waals surface area contributed by atoms with E-state index in [1.54, 1.807) is 0 Å². The van der Waals surface area contributed by atoms with Gasteiger partial charge < -0.3 is 0 Å². The summed E-state index contributed by atoms with van der Waals surface area (Å²) in [5.74, 6) is -0.379. The number of nitrogens with zero attached hydrogens (tertiary/aromatic N) is 1. The number of nitrogens with one attached hydrogen (secondary N) is 1. The summed E-state index contributed by atoms with van der Waals surface area (Å²) in [6, 6.07) is 9.14. The van der Waals surface area contributed by atoms with Gasteiger partial charge >= 0.3 is 0 Å². The number of carbonyl (C=O) groups excluding carboxylic acids is 2. The summed E-state index contributed by atoms with van der Waals surface area (Å²) in [5, 5.41) is 6.28. The Bertz CT molecular complexity index is 638. The molecule has 82 valence electrons. The number of aromatic amines is 1. The van der Waals surface area contributed by atoms with E-state index in [1.165, 1.54) is 12.3 Å². The van der Waals surface area contributed by atoms with Gasteiger partial charge in [0.25, 0.3) is 0 Å². The normalized spacial score (nSPS) is 14.5. The minimum Gasteiger partial charge on any atom is -0.288 e. The number of Topliss-reactive ketones (excluding diaryl/α,β-unsaturated/α-hetero) is 1. The number of benzene rings is 1. The summed E-state index contributed by atoms with van der Waals surface area (Å²) in [6.45, 7) is 0. The second-order valence-corrected chi connectivity index (χ2v) is 3.78. The van der Waals surface area contributed by atoms with Gasteiger partial charge in [-0.3, -0.25) is 14.7 Å². The van der Waals surface area contributed by atoms with Gasteiger partial charge in [0.05, 0.1) is 11.8 Å². The molecule has 1 aromatic heterocycles. The molecule has 1 N–H and O–H groups in total. The first-order valence-corrected chi connectivity index (χ1v) is 5.17. The number of fused-ring (bicyclic) bond motifs is 1. The van der Waals surface area contributed by atoms with Crippen molar-refractivity contribution in [1.82, 2.24) is 10.2 Å².